The van der Waals surface area contributed by atoms with Crippen LogP contribution < -0.4 is 0 Å². The van der Waals surface area contributed by atoms with Gasteiger partial charge in [0.15, 0.2) is 5.76 Å². The molecule has 1 aliphatic rings. The van der Waals surface area contributed by atoms with E-state index in [0.29, 0.717) is 5.76 Å². The smallest absolute Gasteiger partial charge is 0.187 e. The van der Waals surface area contributed by atoms with Crippen LogP contribution in [0.25, 0.3) is 5.76 Å². The highest BCUT2D eigenvalue weighted by atomic mass is 17.2. The SMILES string of the molecule is C1=COOC(c2cccnc2)=C1. The second-order valence-electron chi connectivity index (χ2n) is 2.28. The highest BCUT2D eigenvalue weighted by Gasteiger charge is 2.04. The average Bonchev–Trinajstić information content (AvgIpc) is 2.21. The quantitative estimate of drug-likeness (QED) is 0.589. The van der Waals surface area contributed by atoms with Gasteiger partial charge in [-0.1, -0.05) is 0 Å². The van der Waals surface area contributed by atoms with Crippen molar-refractivity contribution in [2.24, 2.45) is 0 Å². The lowest BCUT2D eigenvalue weighted by Gasteiger charge is -2.08. The van der Waals surface area contributed by atoms with Crippen LogP contribution in [0.3, 0.4) is 0 Å². The third kappa shape index (κ3) is 1.29. The van der Waals surface area contributed by atoms with E-state index in [1.165, 1.54) is 6.26 Å². The molecular formula is C9H7NO2. The zero-order chi connectivity index (χ0) is 8.23. The first-order valence-corrected chi connectivity index (χ1v) is 3.57. The summed E-state index contributed by atoms with van der Waals surface area (Å²) in [6.07, 6.45) is 8.49. The molecule has 0 radical (unpaired) electrons. The van der Waals surface area contributed by atoms with Gasteiger partial charge in [-0.05, 0) is 24.3 Å². The summed E-state index contributed by atoms with van der Waals surface area (Å²) >= 11 is 0. The molecule has 2 heterocycles. The highest BCUT2D eigenvalue weighted by molar-refractivity contribution is 5.60. The number of allylic oxidation sites excluding steroid dienone is 2. The van der Waals surface area contributed by atoms with Gasteiger partial charge in [-0.15, -0.1) is 0 Å². The maximum absolute atomic E-state index is 4.90. The van der Waals surface area contributed by atoms with E-state index in [9.17, 15) is 0 Å². The Labute approximate surface area is 69.9 Å². The second-order valence-corrected chi connectivity index (χ2v) is 2.28. The van der Waals surface area contributed by atoms with Gasteiger partial charge in [-0.25, -0.2) is 0 Å². The third-order valence-corrected chi connectivity index (χ3v) is 1.47. The molecule has 0 N–H and O–H groups in total. The molecule has 0 unspecified atom stereocenters. The zero-order valence-electron chi connectivity index (χ0n) is 6.31. The fourth-order valence-corrected chi connectivity index (χ4v) is 0.919. The van der Waals surface area contributed by atoms with Gasteiger partial charge in [0.25, 0.3) is 0 Å². The molecular weight excluding hydrogens is 154 g/mol. The van der Waals surface area contributed by atoms with E-state index in [4.69, 9.17) is 4.89 Å². The summed E-state index contributed by atoms with van der Waals surface area (Å²) < 4.78 is 0. The van der Waals surface area contributed by atoms with E-state index in [1.54, 1.807) is 18.5 Å². The maximum atomic E-state index is 4.90. The lowest BCUT2D eigenvalue weighted by molar-refractivity contribution is -0.182. The Balaban J connectivity index is 2.31. The summed E-state index contributed by atoms with van der Waals surface area (Å²) in [5.41, 5.74) is 0.904. The molecule has 0 saturated carbocycles. The number of hydrogen-bond donors (Lipinski definition) is 0. The average molecular weight is 161 g/mol. The van der Waals surface area contributed by atoms with Crippen molar-refractivity contribution in [1.29, 1.82) is 0 Å². The summed E-state index contributed by atoms with van der Waals surface area (Å²) in [5.74, 6) is 0.672. The Morgan fingerprint density at radius 3 is 3.00 bits per heavy atom. The summed E-state index contributed by atoms with van der Waals surface area (Å²) in [4.78, 5) is 13.5. The number of aromatic nitrogens is 1. The number of pyridine rings is 1. The van der Waals surface area contributed by atoms with Crippen LogP contribution in [-0.2, 0) is 9.78 Å². The van der Waals surface area contributed by atoms with E-state index in [0.717, 1.165) is 5.56 Å². The van der Waals surface area contributed by atoms with Crippen LogP contribution in [0.5, 0.6) is 0 Å². The van der Waals surface area contributed by atoms with Crippen LogP contribution in [0.4, 0.5) is 0 Å². The summed E-state index contributed by atoms with van der Waals surface area (Å²) in [6.45, 7) is 0. The maximum Gasteiger partial charge on any atom is 0.187 e. The molecule has 1 aromatic rings. The van der Waals surface area contributed by atoms with E-state index in [2.05, 4.69) is 9.87 Å². The Morgan fingerprint density at radius 2 is 2.33 bits per heavy atom. The van der Waals surface area contributed by atoms with Gasteiger partial charge >= 0.3 is 0 Å². The summed E-state index contributed by atoms with van der Waals surface area (Å²) in [7, 11) is 0. The largest absolute Gasteiger partial charge is 0.298 e. The molecule has 0 saturated heterocycles. The molecule has 3 heteroatoms. The van der Waals surface area contributed by atoms with Crippen LogP contribution in [-0.4, -0.2) is 4.98 Å². The molecule has 0 spiro atoms. The van der Waals surface area contributed by atoms with Gasteiger partial charge in [-0.3, -0.25) is 14.8 Å². The van der Waals surface area contributed by atoms with Crippen molar-refractivity contribution in [1.82, 2.24) is 4.98 Å². The number of rotatable bonds is 1. The normalized spacial score (nSPS) is 14.5. The van der Waals surface area contributed by atoms with Gasteiger partial charge in [0.2, 0.25) is 0 Å². The van der Waals surface area contributed by atoms with Crippen LogP contribution in [0.1, 0.15) is 5.56 Å². The van der Waals surface area contributed by atoms with Gasteiger partial charge in [-0.2, -0.15) is 0 Å². The molecule has 2 rings (SSSR count). The van der Waals surface area contributed by atoms with E-state index < -0.39 is 0 Å². The predicted octanol–water partition coefficient (Wildman–Crippen LogP) is 1.90. The summed E-state index contributed by atoms with van der Waals surface area (Å²) in [5, 5.41) is 0. The standard InChI is InChI=1S/C9H7NO2/c1-3-8(7-10-5-1)9-4-2-6-11-12-9/h1-7H. The molecule has 60 valence electrons. The fourth-order valence-electron chi connectivity index (χ4n) is 0.919. The van der Waals surface area contributed by atoms with Crippen molar-refractivity contribution in [3.63, 3.8) is 0 Å². The zero-order valence-corrected chi connectivity index (χ0v) is 6.31. The fraction of sp³-hybridized carbons (Fsp3) is 0. The highest BCUT2D eigenvalue weighted by Crippen LogP contribution is 2.17. The minimum absolute atomic E-state index is 0.672. The minimum Gasteiger partial charge on any atom is -0.298 e. The Morgan fingerprint density at radius 1 is 1.33 bits per heavy atom. The van der Waals surface area contributed by atoms with Crippen LogP contribution in [0.15, 0.2) is 42.9 Å². The summed E-state index contributed by atoms with van der Waals surface area (Å²) in [6, 6.07) is 3.75. The molecule has 3 nitrogen and oxygen atoms in total. The Bertz CT molecular complexity index is 317. The van der Waals surface area contributed by atoms with E-state index in [-0.39, 0.29) is 0 Å². The molecule has 0 bridgehead atoms. The van der Waals surface area contributed by atoms with Crippen molar-refractivity contribution in [2.45, 2.75) is 0 Å². The first-order chi connectivity index (χ1) is 5.97. The number of hydrogen-bond acceptors (Lipinski definition) is 3. The van der Waals surface area contributed by atoms with Gasteiger partial charge in [0.1, 0.15) is 6.26 Å². The van der Waals surface area contributed by atoms with Crippen LogP contribution >= 0.6 is 0 Å². The van der Waals surface area contributed by atoms with Crippen molar-refractivity contribution >= 4 is 5.76 Å². The van der Waals surface area contributed by atoms with E-state index in [1.807, 2.05) is 18.2 Å². The van der Waals surface area contributed by atoms with Gasteiger partial charge in [0.05, 0.1) is 0 Å². The molecule has 12 heavy (non-hydrogen) atoms. The van der Waals surface area contributed by atoms with Crippen molar-refractivity contribution in [3.05, 3.63) is 48.5 Å². The lowest BCUT2D eigenvalue weighted by Crippen LogP contribution is -1.93. The topological polar surface area (TPSA) is 31.4 Å². The molecule has 1 aliphatic heterocycles. The van der Waals surface area contributed by atoms with E-state index >= 15 is 0 Å². The van der Waals surface area contributed by atoms with Crippen molar-refractivity contribution in [3.8, 4) is 0 Å². The van der Waals surface area contributed by atoms with Crippen molar-refractivity contribution < 1.29 is 9.78 Å². The molecule has 0 amide bonds. The molecule has 0 atom stereocenters. The molecule has 0 aliphatic carbocycles. The number of nitrogens with zero attached hydrogens (tertiary/aromatic N) is 1. The second kappa shape index (κ2) is 3.09. The lowest BCUT2D eigenvalue weighted by atomic mass is 10.2. The molecule has 0 fully saturated rings. The van der Waals surface area contributed by atoms with Gasteiger partial charge in [0, 0.05) is 18.0 Å². The minimum atomic E-state index is 0.672. The molecule has 0 aromatic carbocycles. The monoisotopic (exact) mass is 161 g/mol. The first kappa shape index (κ1) is 6.91. The predicted molar refractivity (Wildman–Crippen MR) is 43.5 cm³/mol. The van der Waals surface area contributed by atoms with Gasteiger partial charge < -0.3 is 0 Å². The Kier molecular flexibility index (Phi) is 1.78. The third-order valence-electron chi connectivity index (χ3n) is 1.47. The Hall–Kier alpha value is -1.77. The first-order valence-electron chi connectivity index (χ1n) is 3.57. The van der Waals surface area contributed by atoms with Crippen LogP contribution in [0, 0.1) is 0 Å². The molecule has 1 aromatic heterocycles. The van der Waals surface area contributed by atoms with Crippen LogP contribution in [0.2, 0.25) is 0 Å². The van der Waals surface area contributed by atoms with Crippen molar-refractivity contribution in [2.75, 3.05) is 0 Å².